The van der Waals surface area contributed by atoms with Crippen LogP contribution in [0.5, 0.6) is 0 Å². The Kier molecular flexibility index (Phi) is 6.14. The van der Waals surface area contributed by atoms with Gasteiger partial charge in [-0.1, -0.05) is 0 Å². The van der Waals surface area contributed by atoms with Crippen LogP contribution in [0.15, 0.2) is 0 Å². The fourth-order valence-electron chi connectivity index (χ4n) is 3.47. The summed E-state index contributed by atoms with van der Waals surface area (Å²) in [6.07, 6.45) is 3.80. The molecule has 6 heteroatoms. The van der Waals surface area contributed by atoms with Crippen LogP contribution in [-0.2, 0) is 19.1 Å². The van der Waals surface area contributed by atoms with E-state index in [1.165, 1.54) is 0 Å². The van der Waals surface area contributed by atoms with Crippen molar-refractivity contribution in [3.63, 3.8) is 0 Å². The first kappa shape index (κ1) is 16.4. The SMILES string of the molecule is O=CCC[C@@H]1[C@@H](CC(=O)O)[C@@H](O)C[C@H]1OC1CCCCO1. The Morgan fingerprint density at radius 1 is 1.33 bits per heavy atom. The number of hydrogen-bond donors (Lipinski definition) is 2. The third kappa shape index (κ3) is 4.49. The molecule has 1 unspecified atom stereocenters. The standard InChI is InChI=1S/C15H24O6/c16-6-3-4-10-11(8-14(18)19)12(17)9-13(10)21-15-5-1-2-7-20-15/h6,10-13,15,17H,1-5,7-9H2,(H,18,19)/t10-,11-,12+,13-,15?/m1/s1. The molecule has 0 aromatic heterocycles. The second kappa shape index (κ2) is 7.87. The molecule has 2 fully saturated rings. The fourth-order valence-corrected chi connectivity index (χ4v) is 3.47. The molecule has 2 rings (SSSR count). The first-order chi connectivity index (χ1) is 10.1. The molecule has 6 nitrogen and oxygen atoms in total. The zero-order valence-corrected chi connectivity index (χ0v) is 12.1. The normalized spacial score (nSPS) is 36.5. The zero-order chi connectivity index (χ0) is 15.2. The van der Waals surface area contributed by atoms with Gasteiger partial charge in [0.25, 0.3) is 0 Å². The molecule has 5 atom stereocenters. The van der Waals surface area contributed by atoms with Crippen molar-refractivity contribution in [2.24, 2.45) is 11.8 Å². The first-order valence-electron chi connectivity index (χ1n) is 7.72. The molecule has 1 heterocycles. The van der Waals surface area contributed by atoms with Crippen LogP contribution in [0.4, 0.5) is 0 Å². The molecule has 1 aliphatic heterocycles. The van der Waals surface area contributed by atoms with E-state index in [9.17, 15) is 14.7 Å². The second-order valence-electron chi connectivity index (χ2n) is 5.94. The monoisotopic (exact) mass is 300 g/mol. The van der Waals surface area contributed by atoms with Crippen LogP contribution in [0.1, 0.15) is 44.9 Å². The molecular formula is C15H24O6. The van der Waals surface area contributed by atoms with Crippen LogP contribution in [0.25, 0.3) is 0 Å². The van der Waals surface area contributed by atoms with E-state index in [2.05, 4.69) is 0 Å². The summed E-state index contributed by atoms with van der Waals surface area (Å²) in [6.45, 7) is 0.678. The summed E-state index contributed by atoms with van der Waals surface area (Å²) in [4.78, 5) is 21.6. The minimum Gasteiger partial charge on any atom is -0.481 e. The molecule has 0 radical (unpaired) electrons. The average Bonchev–Trinajstić information content (AvgIpc) is 2.73. The van der Waals surface area contributed by atoms with E-state index in [4.69, 9.17) is 14.6 Å². The molecule has 21 heavy (non-hydrogen) atoms. The Morgan fingerprint density at radius 3 is 2.76 bits per heavy atom. The van der Waals surface area contributed by atoms with Crippen molar-refractivity contribution in [3.8, 4) is 0 Å². The van der Waals surface area contributed by atoms with Gasteiger partial charge >= 0.3 is 5.97 Å². The predicted molar refractivity (Wildman–Crippen MR) is 73.6 cm³/mol. The second-order valence-corrected chi connectivity index (χ2v) is 5.94. The van der Waals surface area contributed by atoms with E-state index < -0.39 is 12.1 Å². The summed E-state index contributed by atoms with van der Waals surface area (Å²) in [5, 5.41) is 19.1. The number of aliphatic carboxylic acids is 1. The number of aliphatic hydroxyl groups is 1. The Labute approximate surface area is 124 Å². The largest absolute Gasteiger partial charge is 0.481 e. The molecule has 0 aromatic rings. The summed E-state index contributed by atoms with van der Waals surface area (Å²) < 4.78 is 11.5. The van der Waals surface area contributed by atoms with Crippen molar-refractivity contribution >= 4 is 12.3 Å². The highest BCUT2D eigenvalue weighted by atomic mass is 16.7. The lowest BCUT2D eigenvalue weighted by Gasteiger charge is -2.30. The van der Waals surface area contributed by atoms with Crippen molar-refractivity contribution < 1.29 is 29.3 Å². The summed E-state index contributed by atoms with van der Waals surface area (Å²) in [5.41, 5.74) is 0. The Hall–Kier alpha value is -0.980. The van der Waals surface area contributed by atoms with E-state index in [0.717, 1.165) is 25.5 Å². The number of carboxylic acids is 1. The van der Waals surface area contributed by atoms with E-state index in [1.54, 1.807) is 0 Å². The molecule has 120 valence electrons. The number of carbonyl (C=O) groups is 2. The van der Waals surface area contributed by atoms with Gasteiger partial charge in [-0.3, -0.25) is 4.79 Å². The van der Waals surface area contributed by atoms with Crippen LogP contribution >= 0.6 is 0 Å². The van der Waals surface area contributed by atoms with Gasteiger partial charge in [0.1, 0.15) is 6.29 Å². The topological polar surface area (TPSA) is 93.1 Å². The van der Waals surface area contributed by atoms with Crippen LogP contribution < -0.4 is 0 Å². The van der Waals surface area contributed by atoms with Crippen molar-refractivity contribution in [1.29, 1.82) is 0 Å². The quantitative estimate of drug-likeness (QED) is 0.689. The lowest BCUT2D eigenvalue weighted by molar-refractivity contribution is -0.196. The summed E-state index contributed by atoms with van der Waals surface area (Å²) in [5.74, 6) is -1.38. The van der Waals surface area contributed by atoms with E-state index in [-0.39, 0.29) is 30.7 Å². The summed E-state index contributed by atoms with van der Waals surface area (Å²) in [7, 11) is 0. The van der Waals surface area contributed by atoms with Crippen molar-refractivity contribution in [1.82, 2.24) is 0 Å². The fraction of sp³-hybridized carbons (Fsp3) is 0.867. The number of aldehydes is 1. The van der Waals surface area contributed by atoms with Gasteiger partial charge < -0.3 is 24.5 Å². The third-order valence-corrected chi connectivity index (χ3v) is 4.49. The number of rotatable bonds is 7. The van der Waals surface area contributed by atoms with Crippen LogP contribution in [0.3, 0.4) is 0 Å². The first-order valence-corrected chi connectivity index (χ1v) is 7.72. The lowest BCUT2D eigenvalue weighted by atomic mass is 9.87. The maximum Gasteiger partial charge on any atom is 0.303 e. The molecule has 1 saturated carbocycles. The van der Waals surface area contributed by atoms with Gasteiger partial charge in [0, 0.05) is 25.4 Å². The average molecular weight is 300 g/mol. The Balaban J connectivity index is 1.99. The number of ether oxygens (including phenoxy) is 2. The predicted octanol–water partition coefficient (Wildman–Crippen LogP) is 1.35. The molecule has 0 bridgehead atoms. The molecule has 0 amide bonds. The van der Waals surface area contributed by atoms with E-state index >= 15 is 0 Å². The van der Waals surface area contributed by atoms with Crippen molar-refractivity contribution in [2.45, 2.75) is 63.4 Å². The van der Waals surface area contributed by atoms with Crippen LogP contribution in [0.2, 0.25) is 0 Å². The Bertz CT molecular complexity index is 352. The molecule has 2 aliphatic rings. The van der Waals surface area contributed by atoms with Gasteiger partial charge in [-0.2, -0.15) is 0 Å². The molecule has 2 N–H and O–H groups in total. The van der Waals surface area contributed by atoms with Gasteiger partial charge in [0.05, 0.1) is 18.6 Å². The zero-order valence-electron chi connectivity index (χ0n) is 12.1. The maximum atomic E-state index is 11.0. The molecule has 0 spiro atoms. The molecular weight excluding hydrogens is 276 g/mol. The minimum absolute atomic E-state index is 0.0872. The lowest BCUT2D eigenvalue weighted by Crippen LogP contribution is -2.32. The smallest absolute Gasteiger partial charge is 0.303 e. The number of hydrogen-bond acceptors (Lipinski definition) is 5. The number of carboxylic acid groups (broad SMARTS) is 1. The van der Waals surface area contributed by atoms with Gasteiger partial charge in [0.2, 0.25) is 0 Å². The number of aliphatic hydroxyl groups excluding tert-OH is 1. The Morgan fingerprint density at radius 2 is 2.14 bits per heavy atom. The summed E-state index contributed by atoms with van der Waals surface area (Å²) in [6, 6.07) is 0. The van der Waals surface area contributed by atoms with Crippen molar-refractivity contribution in [3.05, 3.63) is 0 Å². The number of carbonyl (C=O) groups excluding carboxylic acids is 1. The molecule has 0 aromatic carbocycles. The van der Waals surface area contributed by atoms with Gasteiger partial charge in [-0.15, -0.1) is 0 Å². The third-order valence-electron chi connectivity index (χ3n) is 4.49. The minimum atomic E-state index is -0.926. The van der Waals surface area contributed by atoms with Crippen LogP contribution in [-0.4, -0.2) is 47.6 Å². The summed E-state index contributed by atoms with van der Waals surface area (Å²) >= 11 is 0. The van der Waals surface area contributed by atoms with Crippen molar-refractivity contribution in [2.75, 3.05) is 6.61 Å². The van der Waals surface area contributed by atoms with E-state index in [1.807, 2.05) is 0 Å². The maximum absolute atomic E-state index is 11.0. The van der Waals surface area contributed by atoms with E-state index in [0.29, 0.717) is 25.9 Å². The van der Waals surface area contributed by atoms with Gasteiger partial charge in [-0.05, 0) is 31.6 Å². The molecule has 1 aliphatic carbocycles. The molecule has 1 saturated heterocycles. The van der Waals surface area contributed by atoms with Gasteiger partial charge in [-0.25, -0.2) is 0 Å². The van der Waals surface area contributed by atoms with Gasteiger partial charge in [0.15, 0.2) is 6.29 Å². The highest BCUT2D eigenvalue weighted by Gasteiger charge is 2.44. The van der Waals surface area contributed by atoms with Crippen LogP contribution in [0, 0.1) is 11.8 Å². The highest BCUT2D eigenvalue weighted by molar-refractivity contribution is 5.67. The highest BCUT2D eigenvalue weighted by Crippen LogP contribution is 2.40.